The van der Waals surface area contributed by atoms with Crippen molar-refractivity contribution in [2.45, 2.75) is 13.2 Å². The highest BCUT2D eigenvalue weighted by Crippen LogP contribution is 2.29. The lowest BCUT2D eigenvalue weighted by Crippen LogP contribution is -2.03. The topological polar surface area (TPSA) is 39.1 Å². The average molecular weight is 300 g/mol. The van der Waals surface area contributed by atoms with Crippen molar-refractivity contribution in [2.24, 2.45) is 0 Å². The van der Waals surface area contributed by atoms with E-state index in [-0.39, 0.29) is 10.8 Å². The van der Waals surface area contributed by atoms with Crippen LogP contribution in [0.3, 0.4) is 0 Å². The Balaban J connectivity index is 1.99. The van der Waals surface area contributed by atoms with Crippen LogP contribution < -0.4 is 10.1 Å². The largest absolute Gasteiger partial charge is 0.433 e. The van der Waals surface area contributed by atoms with Crippen LogP contribution in [0.25, 0.3) is 6.20 Å². The van der Waals surface area contributed by atoms with Gasteiger partial charge in [0, 0.05) is 30.2 Å². The fourth-order valence-electron chi connectivity index (χ4n) is 1.57. The summed E-state index contributed by atoms with van der Waals surface area (Å²) in [4.78, 5) is 0. The molecule has 2 rings (SSSR count). The summed E-state index contributed by atoms with van der Waals surface area (Å²) in [6.45, 7) is 1.23. The molecule has 0 radical (unpaired) electrons. The van der Waals surface area contributed by atoms with Gasteiger partial charge in [-0.15, -0.1) is 0 Å². The highest BCUT2D eigenvalue weighted by atomic mass is 35.5. The van der Waals surface area contributed by atoms with Gasteiger partial charge < -0.3 is 10.1 Å². The number of nitrogens with zero attached hydrogens (tertiary/aromatic N) is 2. The quantitative estimate of drug-likeness (QED) is 0.880. The first kappa shape index (κ1) is 14.3. The minimum atomic E-state index is -2.89. The minimum Gasteiger partial charge on any atom is -0.433 e. The lowest BCUT2D eigenvalue weighted by atomic mass is 10.3. The maximum Gasteiger partial charge on any atom is 0.387 e. The van der Waals surface area contributed by atoms with E-state index in [2.05, 4.69) is 21.7 Å². The molecular weight excluding hydrogens is 288 g/mol. The molecule has 0 spiro atoms. The number of hydrogen-bond acceptors (Lipinski definition) is 3. The Labute approximate surface area is 119 Å². The summed E-state index contributed by atoms with van der Waals surface area (Å²) in [5.41, 5.74) is 1.65. The lowest BCUT2D eigenvalue weighted by molar-refractivity contribution is -0.0497. The molecule has 0 fully saturated rings. The average Bonchev–Trinajstić information content (AvgIpc) is 2.87. The lowest BCUT2D eigenvalue weighted by Gasteiger charge is -2.09. The number of hydrogen-bond donors (Lipinski definition) is 1. The van der Waals surface area contributed by atoms with Crippen LogP contribution in [-0.2, 0) is 6.54 Å². The summed E-state index contributed by atoms with van der Waals surface area (Å²) in [6, 6.07) is 4.53. The molecule has 0 aliphatic heterocycles. The molecule has 106 valence electrons. The first-order valence-corrected chi connectivity index (χ1v) is 6.10. The van der Waals surface area contributed by atoms with Gasteiger partial charge in [0.25, 0.3) is 0 Å². The van der Waals surface area contributed by atoms with E-state index in [1.54, 1.807) is 23.1 Å². The monoisotopic (exact) mass is 299 g/mol. The van der Waals surface area contributed by atoms with E-state index in [1.807, 2.05) is 6.20 Å². The summed E-state index contributed by atoms with van der Waals surface area (Å²) in [7, 11) is 0. The van der Waals surface area contributed by atoms with Crippen molar-refractivity contribution < 1.29 is 13.5 Å². The molecule has 0 saturated carbocycles. The molecule has 1 N–H and O–H groups in total. The van der Waals surface area contributed by atoms with Crippen molar-refractivity contribution in [3.05, 3.63) is 47.8 Å². The number of aromatic nitrogens is 2. The van der Waals surface area contributed by atoms with Crippen LogP contribution in [-0.4, -0.2) is 16.4 Å². The normalized spacial score (nSPS) is 10.6. The maximum atomic E-state index is 12.1. The Kier molecular flexibility index (Phi) is 4.57. The zero-order valence-corrected chi connectivity index (χ0v) is 11.1. The van der Waals surface area contributed by atoms with Crippen LogP contribution in [0.2, 0.25) is 5.02 Å². The molecule has 0 bridgehead atoms. The van der Waals surface area contributed by atoms with E-state index in [1.165, 1.54) is 12.1 Å². The highest BCUT2D eigenvalue weighted by Gasteiger charge is 2.09. The zero-order chi connectivity index (χ0) is 14.5. The Morgan fingerprint density at radius 3 is 2.90 bits per heavy atom. The second-order valence-electron chi connectivity index (χ2n) is 3.89. The third-order valence-electron chi connectivity index (χ3n) is 2.49. The van der Waals surface area contributed by atoms with E-state index in [9.17, 15) is 8.78 Å². The van der Waals surface area contributed by atoms with Gasteiger partial charge in [0.1, 0.15) is 5.75 Å². The summed E-state index contributed by atoms with van der Waals surface area (Å²) < 4.78 is 30.0. The molecule has 0 amide bonds. The number of alkyl halides is 2. The van der Waals surface area contributed by atoms with Gasteiger partial charge in [-0.3, -0.25) is 0 Å². The van der Waals surface area contributed by atoms with Gasteiger partial charge in [0.15, 0.2) is 0 Å². The van der Waals surface area contributed by atoms with Crippen LogP contribution in [0.4, 0.5) is 14.5 Å². The summed E-state index contributed by atoms with van der Waals surface area (Å²) in [5, 5.41) is 7.27. The summed E-state index contributed by atoms with van der Waals surface area (Å²) in [5.74, 6) is -0.0494. The van der Waals surface area contributed by atoms with Gasteiger partial charge >= 0.3 is 6.61 Å². The predicted octanol–water partition coefficient (Wildman–Crippen LogP) is 3.85. The van der Waals surface area contributed by atoms with E-state index in [0.29, 0.717) is 12.2 Å². The van der Waals surface area contributed by atoms with Crippen molar-refractivity contribution in [3.8, 4) is 5.75 Å². The van der Waals surface area contributed by atoms with Crippen molar-refractivity contribution in [1.29, 1.82) is 0 Å². The molecule has 1 aromatic carbocycles. The minimum absolute atomic E-state index is 0.0494. The molecular formula is C13H12ClF2N3O. The number of nitrogens with one attached hydrogen (secondary N) is 1. The van der Waals surface area contributed by atoms with Gasteiger partial charge in [0.2, 0.25) is 0 Å². The number of ether oxygens (including phenoxy) is 1. The summed E-state index contributed by atoms with van der Waals surface area (Å²) in [6.07, 6.45) is 5.09. The van der Waals surface area contributed by atoms with Crippen LogP contribution in [0.1, 0.15) is 5.56 Å². The molecule has 0 aliphatic rings. The Morgan fingerprint density at radius 2 is 2.30 bits per heavy atom. The molecule has 20 heavy (non-hydrogen) atoms. The Morgan fingerprint density at radius 1 is 1.50 bits per heavy atom. The number of rotatable bonds is 6. The number of halogens is 3. The summed E-state index contributed by atoms with van der Waals surface area (Å²) >= 11 is 5.85. The standard InChI is InChI=1S/C13H12ClF2N3O/c1-2-19-8-9(7-18-19)6-17-10-3-4-12(11(14)5-10)20-13(15)16/h2-5,7-8,13,17H,1,6H2. The second-order valence-corrected chi connectivity index (χ2v) is 4.30. The van der Waals surface area contributed by atoms with Gasteiger partial charge in [-0.25, -0.2) is 4.68 Å². The van der Waals surface area contributed by atoms with Crippen LogP contribution in [0.5, 0.6) is 5.75 Å². The molecule has 7 heteroatoms. The molecule has 1 heterocycles. The SMILES string of the molecule is C=Cn1cc(CNc2ccc(OC(F)F)c(Cl)c2)cn1. The molecule has 0 unspecified atom stereocenters. The van der Waals surface area contributed by atoms with Crippen molar-refractivity contribution in [3.63, 3.8) is 0 Å². The van der Waals surface area contributed by atoms with Gasteiger partial charge in [-0.05, 0) is 18.2 Å². The number of anilines is 1. The van der Waals surface area contributed by atoms with Crippen molar-refractivity contribution >= 4 is 23.5 Å². The van der Waals surface area contributed by atoms with E-state index < -0.39 is 6.61 Å². The molecule has 0 aliphatic carbocycles. The van der Waals surface area contributed by atoms with Crippen molar-refractivity contribution in [2.75, 3.05) is 5.32 Å². The fourth-order valence-corrected chi connectivity index (χ4v) is 1.80. The van der Waals surface area contributed by atoms with Gasteiger partial charge in [-0.1, -0.05) is 18.2 Å². The molecule has 2 aromatic rings. The van der Waals surface area contributed by atoms with E-state index >= 15 is 0 Å². The molecule has 4 nitrogen and oxygen atoms in total. The predicted molar refractivity (Wildman–Crippen MR) is 74.0 cm³/mol. The Bertz CT molecular complexity index is 601. The van der Waals surface area contributed by atoms with Crippen LogP contribution in [0.15, 0.2) is 37.2 Å². The second kappa shape index (κ2) is 6.38. The van der Waals surface area contributed by atoms with E-state index in [0.717, 1.165) is 5.56 Å². The van der Waals surface area contributed by atoms with Crippen LogP contribution in [0, 0.1) is 0 Å². The van der Waals surface area contributed by atoms with E-state index in [4.69, 9.17) is 11.6 Å². The molecule has 0 saturated heterocycles. The maximum absolute atomic E-state index is 12.1. The number of benzene rings is 1. The van der Waals surface area contributed by atoms with Gasteiger partial charge in [0.05, 0.1) is 11.2 Å². The highest BCUT2D eigenvalue weighted by molar-refractivity contribution is 6.32. The zero-order valence-electron chi connectivity index (χ0n) is 10.4. The smallest absolute Gasteiger partial charge is 0.387 e. The van der Waals surface area contributed by atoms with Crippen molar-refractivity contribution in [1.82, 2.24) is 9.78 Å². The molecule has 0 atom stereocenters. The Hall–Kier alpha value is -2.08. The third-order valence-corrected chi connectivity index (χ3v) is 2.78. The third kappa shape index (κ3) is 3.71. The fraction of sp³-hybridized carbons (Fsp3) is 0.154. The first-order chi connectivity index (χ1) is 9.58. The molecule has 1 aromatic heterocycles. The van der Waals surface area contributed by atoms with Crippen LogP contribution >= 0.6 is 11.6 Å². The van der Waals surface area contributed by atoms with Gasteiger partial charge in [-0.2, -0.15) is 13.9 Å². The first-order valence-electron chi connectivity index (χ1n) is 5.72.